The van der Waals surface area contributed by atoms with Crippen LogP contribution in [0.4, 0.5) is 17.2 Å². The van der Waals surface area contributed by atoms with Gasteiger partial charge in [-0.15, -0.1) is 0 Å². The summed E-state index contributed by atoms with van der Waals surface area (Å²) in [4.78, 5) is 29.7. The summed E-state index contributed by atoms with van der Waals surface area (Å²) in [7, 11) is 0. The maximum atomic E-state index is 12.1. The largest absolute Gasteiger partial charge is 0.370 e. The molecule has 0 unspecified atom stereocenters. The maximum Gasteiger partial charge on any atom is 0.223 e. The molecule has 0 aliphatic carbocycles. The highest BCUT2D eigenvalue weighted by Gasteiger charge is 2.31. The molecule has 3 heterocycles. The first-order valence-electron chi connectivity index (χ1n) is 10.9. The van der Waals surface area contributed by atoms with Gasteiger partial charge in [0, 0.05) is 44.5 Å². The van der Waals surface area contributed by atoms with Crippen molar-refractivity contribution in [2.75, 3.05) is 44.2 Å². The first-order chi connectivity index (χ1) is 14.5. The van der Waals surface area contributed by atoms with Gasteiger partial charge in [-0.3, -0.25) is 9.79 Å². The lowest BCUT2D eigenvalue weighted by molar-refractivity contribution is -0.126. The number of ether oxygens (including phenoxy) is 1. The number of nitrogens with zero attached hydrogens (tertiary/aromatic N) is 5. The second-order valence-corrected chi connectivity index (χ2v) is 7.99. The number of anilines is 1. The fraction of sp³-hybridized carbons (Fsp3) is 0.636. The lowest BCUT2D eigenvalue weighted by Crippen LogP contribution is -2.52. The zero-order chi connectivity index (χ0) is 21.5. The minimum absolute atomic E-state index is 0.0986. The number of rotatable bonds is 7. The molecule has 3 rings (SSSR count). The zero-order valence-electron chi connectivity index (χ0n) is 18.4. The van der Waals surface area contributed by atoms with Gasteiger partial charge >= 0.3 is 0 Å². The summed E-state index contributed by atoms with van der Waals surface area (Å²) in [5.74, 6) is 0.882. The Morgan fingerprint density at radius 2 is 2.17 bits per heavy atom. The third-order valence-electron chi connectivity index (χ3n) is 5.73. The third-order valence-corrected chi connectivity index (χ3v) is 5.73. The van der Waals surface area contributed by atoms with E-state index in [1.807, 2.05) is 19.9 Å². The van der Waals surface area contributed by atoms with E-state index in [1.165, 1.54) is 0 Å². The summed E-state index contributed by atoms with van der Waals surface area (Å²) in [6.07, 6.45) is 5.55. The molecule has 164 valence electrons. The minimum atomic E-state index is 0.0986. The van der Waals surface area contributed by atoms with Gasteiger partial charge in [0.1, 0.15) is 5.69 Å². The zero-order valence-corrected chi connectivity index (χ0v) is 18.4. The van der Waals surface area contributed by atoms with Crippen LogP contribution in [0.3, 0.4) is 0 Å². The summed E-state index contributed by atoms with van der Waals surface area (Å²) in [5.41, 5.74) is 1.77. The predicted octanol–water partition coefficient (Wildman–Crippen LogP) is 2.58. The number of likely N-dealkylation sites (tertiary alicyclic amines) is 1. The smallest absolute Gasteiger partial charge is 0.223 e. The Kier molecular flexibility index (Phi) is 7.93. The normalized spacial score (nSPS) is 23.6. The molecule has 2 atom stereocenters. The van der Waals surface area contributed by atoms with Gasteiger partial charge in [0.2, 0.25) is 5.91 Å². The van der Waals surface area contributed by atoms with Crippen LogP contribution in [0.2, 0.25) is 0 Å². The summed E-state index contributed by atoms with van der Waals surface area (Å²) >= 11 is 0. The Morgan fingerprint density at radius 3 is 2.83 bits per heavy atom. The summed E-state index contributed by atoms with van der Waals surface area (Å²) in [6, 6.07) is 1.99. The molecule has 2 fully saturated rings. The van der Waals surface area contributed by atoms with Crippen molar-refractivity contribution in [3.05, 3.63) is 12.3 Å². The van der Waals surface area contributed by atoms with Crippen molar-refractivity contribution in [2.24, 2.45) is 15.9 Å². The molecule has 0 saturated carbocycles. The minimum Gasteiger partial charge on any atom is -0.370 e. The van der Waals surface area contributed by atoms with Gasteiger partial charge in [-0.2, -0.15) is 0 Å². The second kappa shape index (κ2) is 10.6. The molecule has 2 aliphatic rings. The fourth-order valence-corrected chi connectivity index (χ4v) is 4.38. The average Bonchev–Trinajstić information content (AvgIpc) is 2.74. The molecule has 30 heavy (non-hydrogen) atoms. The number of hydrogen-bond acceptors (Lipinski definition) is 7. The Bertz CT molecular complexity index is 760. The van der Waals surface area contributed by atoms with Gasteiger partial charge in [-0.1, -0.05) is 0 Å². The Labute approximate surface area is 179 Å². The van der Waals surface area contributed by atoms with Crippen molar-refractivity contribution in [1.29, 1.82) is 0 Å². The number of carbonyl (C=O) groups excluding carboxylic acids is 1. The van der Waals surface area contributed by atoms with Crippen LogP contribution in [0.25, 0.3) is 0 Å². The number of aliphatic imine (C=N–C) groups is 2. The van der Waals surface area contributed by atoms with Gasteiger partial charge in [-0.25, -0.2) is 9.98 Å². The molecule has 0 spiro atoms. The monoisotopic (exact) mass is 414 g/mol. The summed E-state index contributed by atoms with van der Waals surface area (Å²) < 4.78 is 6.26. The predicted molar refractivity (Wildman–Crippen MR) is 122 cm³/mol. The van der Waals surface area contributed by atoms with E-state index in [0.29, 0.717) is 12.4 Å². The van der Waals surface area contributed by atoms with Crippen LogP contribution in [0, 0.1) is 5.92 Å². The van der Waals surface area contributed by atoms with Crippen LogP contribution in [0.15, 0.2) is 22.2 Å². The standard InChI is InChI=1S/C22H34N6O2/c1-5-24-20-19(7-10-26-21(20)23-4)28-13-16(3)30-18(15-28)14-27-11-8-17(9-12-27)22(29)25-6-2/h5,7,10,16-18H,4,6,8-9,11-15H2,1-3H3,(H,25,29)/b24-5-/t16-,18+/m1/s1. The van der Waals surface area contributed by atoms with Crippen LogP contribution in [-0.2, 0) is 9.53 Å². The molecule has 0 bridgehead atoms. The highest BCUT2D eigenvalue weighted by Crippen LogP contribution is 2.37. The molecule has 1 amide bonds. The number of piperidine rings is 1. The Hall–Kier alpha value is -2.32. The second-order valence-electron chi connectivity index (χ2n) is 7.99. The fourth-order valence-electron chi connectivity index (χ4n) is 4.38. The molecule has 2 saturated heterocycles. The third kappa shape index (κ3) is 5.43. The van der Waals surface area contributed by atoms with E-state index >= 15 is 0 Å². The SMILES string of the molecule is C=Nc1nccc(N2C[C@H](CN3CCC(C(=O)NCC)CC3)O[C@H](C)C2)c1/N=C\C. The highest BCUT2D eigenvalue weighted by molar-refractivity contribution is 5.80. The average molecular weight is 415 g/mol. The molecule has 2 aliphatic heterocycles. The van der Waals surface area contributed by atoms with Crippen LogP contribution in [0.5, 0.6) is 0 Å². The van der Waals surface area contributed by atoms with Gasteiger partial charge in [-0.05, 0) is 59.5 Å². The van der Waals surface area contributed by atoms with Gasteiger partial charge in [0.25, 0.3) is 0 Å². The molecule has 0 aromatic carbocycles. The van der Waals surface area contributed by atoms with Crippen molar-refractivity contribution in [3.63, 3.8) is 0 Å². The molecule has 8 heteroatoms. The topological polar surface area (TPSA) is 82.4 Å². The molecular weight excluding hydrogens is 380 g/mol. The van der Waals surface area contributed by atoms with E-state index in [2.05, 4.69) is 43.7 Å². The summed E-state index contributed by atoms with van der Waals surface area (Å²) in [5, 5.41) is 2.95. The first kappa shape index (κ1) is 22.4. The van der Waals surface area contributed by atoms with E-state index in [1.54, 1.807) is 12.4 Å². The molecule has 8 nitrogen and oxygen atoms in total. The van der Waals surface area contributed by atoms with E-state index < -0.39 is 0 Å². The Balaban J connectivity index is 1.64. The number of nitrogens with one attached hydrogen (secondary N) is 1. The van der Waals surface area contributed by atoms with Crippen molar-refractivity contribution in [1.82, 2.24) is 15.2 Å². The van der Waals surface area contributed by atoms with Crippen molar-refractivity contribution in [3.8, 4) is 0 Å². The number of hydrogen-bond donors (Lipinski definition) is 1. The number of morpholine rings is 1. The van der Waals surface area contributed by atoms with Crippen molar-refractivity contribution >= 4 is 36.0 Å². The lowest BCUT2D eigenvalue weighted by atomic mass is 9.95. The Morgan fingerprint density at radius 1 is 1.40 bits per heavy atom. The molecule has 1 N–H and O–H groups in total. The van der Waals surface area contributed by atoms with Crippen molar-refractivity contribution in [2.45, 2.75) is 45.8 Å². The van der Waals surface area contributed by atoms with Crippen LogP contribution in [0.1, 0.15) is 33.6 Å². The molecule has 1 aromatic heterocycles. The highest BCUT2D eigenvalue weighted by atomic mass is 16.5. The first-order valence-corrected chi connectivity index (χ1v) is 10.9. The number of amides is 1. The van der Waals surface area contributed by atoms with Crippen molar-refractivity contribution < 1.29 is 9.53 Å². The van der Waals surface area contributed by atoms with Crippen LogP contribution >= 0.6 is 0 Å². The van der Waals surface area contributed by atoms with Crippen LogP contribution in [-0.4, -0.2) is 80.2 Å². The molecule has 1 aromatic rings. The number of carbonyl (C=O) groups is 1. The number of aromatic nitrogens is 1. The molecule has 0 radical (unpaired) electrons. The molecular formula is C22H34N6O2. The van der Waals surface area contributed by atoms with E-state index in [9.17, 15) is 4.79 Å². The van der Waals surface area contributed by atoms with Gasteiger partial charge < -0.3 is 19.9 Å². The summed E-state index contributed by atoms with van der Waals surface area (Å²) in [6.45, 7) is 14.6. The maximum absolute atomic E-state index is 12.1. The van der Waals surface area contributed by atoms with Gasteiger partial charge in [0.15, 0.2) is 5.82 Å². The van der Waals surface area contributed by atoms with Crippen LogP contribution < -0.4 is 10.2 Å². The lowest BCUT2D eigenvalue weighted by Gasteiger charge is -2.41. The van der Waals surface area contributed by atoms with E-state index in [0.717, 1.165) is 56.9 Å². The van der Waals surface area contributed by atoms with Gasteiger partial charge in [0.05, 0.1) is 17.9 Å². The van der Waals surface area contributed by atoms with E-state index in [-0.39, 0.29) is 24.0 Å². The quantitative estimate of drug-likeness (QED) is 0.694. The van der Waals surface area contributed by atoms with E-state index in [4.69, 9.17) is 4.74 Å². The number of pyridine rings is 1.